The number of benzene rings is 2. The van der Waals surface area contributed by atoms with Gasteiger partial charge in [-0.1, -0.05) is 23.7 Å². The molecule has 1 fully saturated rings. The van der Waals surface area contributed by atoms with Gasteiger partial charge in [-0.25, -0.2) is 9.97 Å². The first-order valence-electron chi connectivity index (χ1n) is 15.0. The number of hydrogen-bond acceptors (Lipinski definition) is 10. The molecule has 0 aliphatic carbocycles. The molecular formula is C35H30ClN7O3. The minimum Gasteiger partial charge on any atom is -0.435 e. The fourth-order valence-electron chi connectivity index (χ4n) is 5.95. The first-order chi connectivity index (χ1) is 22.4. The number of rotatable bonds is 7. The van der Waals surface area contributed by atoms with Gasteiger partial charge < -0.3 is 19.9 Å². The van der Waals surface area contributed by atoms with Gasteiger partial charge in [0.25, 0.3) is 0 Å². The zero-order valence-electron chi connectivity index (χ0n) is 25.0. The lowest BCUT2D eigenvalue weighted by Gasteiger charge is -2.29. The molecule has 6 aromatic rings. The average Bonchev–Trinajstić information content (AvgIpc) is 3.50. The van der Waals surface area contributed by atoms with Crippen LogP contribution in [0.2, 0.25) is 5.02 Å². The Labute approximate surface area is 270 Å². The van der Waals surface area contributed by atoms with E-state index in [9.17, 15) is 15.5 Å². The predicted molar refractivity (Wildman–Crippen MR) is 176 cm³/mol. The Kier molecular flexibility index (Phi) is 8.07. The molecule has 0 radical (unpaired) electrons. The summed E-state index contributed by atoms with van der Waals surface area (Å²) in [6.07, 6.45) is 6.72. The minimum atomic E-state index is -0.215. The topological polar surface area (TPSA) is 144 Å². The van der Waals surface area contributed by atoms with Crippen LogP contribution in [-0.4, -0.2) is 54.2 Å². The van der Waals surface area contributed by atoms with Crippen molar-refractivity contribution >= 4 is 45.1 Å². The molecule has 7 rings (SSSR count). The van der Waals surface area contributed by atoms with Crippen molar-refractivity contribution in [3.8, 4) is 28.8 Å². The summed E-state index contributed by atoms with van der Waals surface area (Å²) in [6.45, 7) is 4.32. The molecule has 46 heavy (non-hydrogen) atoms. The van der Waals surface area contributed by atoms with E-state index in [0.29, 0.717) is 38.8 Å². The Morgan fingerprint density at radius 1 is 1.04 bits per heavy atom. The van der Waals surface area contributed by atoms with Gasteiger partial charge in [-0.2, -0.15) is 5.26 Å². The van der Waals surface area contributed by atoms with Crippen LogP contribution in [0, 0.1) is 18.3 Å². The number of oxazole rings is 1. The van der Waals surface area contributed by atoms with Gasteiger partial charge in [0.15, 0.2) is 11.4 Å². The molecule has 0 spiro atoms. The number of anilines is 2. The van der Waals surface area contributed by atoms with Crippen molar-refractivity contribution in [2.45, 2.75) is 39.0 Å². The fourth-order valence-corrected chi connectivity index (χ4v) is 6.25. The number of likely N-dealkylation sites (tertiary alicyclic amines) is 1. The molecule has 0 bridgehead atoms. The molecule has 230 valence electrons. The number of aromatic nitrogens is 4. The highest BCUT2D eigenvalue weighted by molar-refractivity contribution is 6.35. The van der Waals surface area contributed by atoms with E-state index in [4.69, 9.17) is 21.0 Å². The van der Waals surface area contributed by atoms with Crippen LogP contribution in [0.3, 0.4) is 0 Å². The second-order valence-electron chi connectivity index (χ2n) is 11.5. The van der Waals surface area contributed by atoms with Crippen molar-refractivity contribution in [3.63, 3.8) is 0 Å². The third-order valence-electron chi connectivity index (χ3n) is 8.43. The van der Waals surface area contributed by atoms with Crippen LogP contribution in [0.25, 0.3) is 44.7 Å². The maximum Gasteiger partial charge on any atom is 0.229 e. The van der Waals surface area contributed by atoms with Crippen molar-refractivity contribution in [2.75, 3.05) is 18.4 Å². The van der Waals surface area contributed by atoms with Crippen LogP contribution in [0.5, 0.6) is 0 Å². The van der Waals surface area contributed by atoms with Crippen LogP contribution in [-0.2, 0) is 13.2 Å². The molecule has 1 aliphatic rings. The number of aliphatic hydroxyl groups is 2. The number of hydrogen-bond donors (Lipinski definition) is 3. The van der Waals surface area contributed by atoms with Crippen LogP contribution < -0.4 is 5.32 Å². The molecule has 0 atom stereocenters. The van der Waals surface area contributed by atoms with Gasteiger partial charge in [-0.05, 0) is 72.9 Å². The molecule has 0 unspecified atom stereocenters. The molecule has 11 heteroatoms. The van der Waals surface area contributed by atoms with Crippen molar-refractivity contribution < 1.29 is 14.6 Å². The number of nitrogens with zero attached hydrogens (tertiary/aromatic N) is 6. The second kappa shape index (κ2) is 12.5. The highest BCUT2D eigenvalue weighted by Gasteiger charge is 2.21. The van der Waals surface area contributed by atoms with E-state index in [1.165, 1.54) is 0 Å². The van der Waals surface area contributed by atoms with Gasteiger partial charge in [-0.3, -0.25) is 14.9 Å². The zero-order valence-corrected chi connectivity index (χ0v) is 25.8. The lowest BCUT2D eigenvalue weighted by molar-refractivity contribution is 0.0792. The Morgan fingerprint density at radius 3 is 2.67 bits per heavy atom. The van der Waals surface area contributed by atoms with Crippen molar-refractivity contribution in [3.05, 3.63) is 94.4 Å². The summed E-state index contributed by atoms with van der Waals surface area (Å²) in [5, 5.41) is 33.9. The Morgan fingerprint density at radius 2 is 1.87 bits per heavy atom. The van der Waals surface area contributed by atoms with Gasteiger partial charge in [0.05, 0.1) is 34.6 Å². The van der Waals surface area contributed by atoms with E-state index >= 15 is 0 Å². The first-order valence-corrected chi connectivity index (χ1v) is 15.4. The number of nitrogens with one attached hydrogen (secondary N) is 1. The molecule has 0 saturated carbocycles. The minimum absolute atomic E-state index is 0.197. The van der Waals surface area contributed by atoms with E-state index in [1.807, 2.05) is 37.4 Å². The summed E-state index contributed by atoms with van der Waals surface area (Å²) in [4.78, 5) is 20.9. The Balaban J connectivity index is 1.19. The number of fused-ring (bicyclic) bond motifs is 2. The number of nitriles is 1. The smallest absolute Gasteiger partial charge is 0.229 e. The van der Waals surface area contributed by atoms with Crippen molar-refractivity contribution in [2.24, 2.45) is 0 Å². The number of piperidine rings is 1. The largest absolute Gasteiger partial charge is 0.435 e. The molecule has 1 aliphatic heterocycles. The van der Waals surface area contributed by atoms with Gasteiger partial charge in [0.2, 0.25) is 5.89 Å². The van der Waals surface area contributed by atoms with Crippen molar-refractivity contribution in [1.29, 1.82) is 5.26 Å². The van der Waals surface area contributed by atoms with E-state index in [2.05, 4.69) is 37.3 Å². The first kappa shape index (κ1) is 29.8. The van der Waals surface area contributed by atoms with E-state index in [0.717, 1.165) is 65.8 Å². The highest BCUT2D eigenvalue weighted by Crippen LogP contribution is 2.39. The van der Waals surface area contributed by atoms with Crippen LogP contribution in [0.1, 0.15) is 35.1 Å². The van der Waals surface area contributed by atoms with Crippen molar-refractivity contribution in [1.82, 2.24) is 24.8 Å². The summed E-state index contributed by atoms with van der Waals surface area (Å²) < 4.78 is 6.01. The molecule has 2 aromatic carbocycles. The molecule has 1 saturated heterocycles. The van der Waals surface area contributed by atoms with Crippen LogP contribution in [0.4, 0.5) is 11.5 Å². The molecular weight excluding hydrogens is 602 g/mol. The quantitative estimate of drug-likeness (QED) is 0.178. The SMILES string of the molecule is Cc1c(Nc2nccc3cc(CN4CCC(O)CC4)cnc23)cccc1-c1nccc(-c2nc3cc(CO)cc(C#N)c3o2)c1Cl. The van der Waals surface area contributed by atoms with Gasteiger partial charge >= 0.3 is 0 Å². The Hall–Kier alpha value is -4.92. The third kappa shape index (κ3) is 5.66. The van der Waals surface area contributed by atoms with Gasteiger partial charge in [0.1, 0.15) is 17.1 Å². The standard InChI is InChI=1S/C35H30ClN7O3/c1-20-26(32-30(36)27(6-10-38-32)35-42-29-15-21(19-44)13-24(16-37)33(29)46-35)3-2-4-28(20)41-34-31-23(5-9-39-34)14-22(17-40-31)18-43-11-7-25(45)8-12-43/h2-6,9-10,13-15,17,25,44-45H,7-8,11-12,18-19H2,1H3,(H,39,41). The summed E-state index contributed by atoms with van der Waals surface area (Å²) in [7, 11) is 0. The van der Waals surface area contributed by atoms with Gasteiger partial charge in [0, 0.05) is 54.9 Å². The normalized spacial score (nSPS) is 14.2. The number of pyridine rings is 3. The molecule has 0 amide bonds. The van der Waals surface area contributed by atoms with Crippen LogP contribution >= 0.6 is 11.6 Å². The monoisotopic (exact) mass is 631 g/mol. The van der Waals surface area contributed by atoms with E-state index in [-0.39, 0.29) is 24.2 Å². The number of halogens is 1. The molecule has 4 aromatic heterocycles. The maximum absolute atomic E-state index is 9.83. The molecule has 5 heterocycles. The summed E-state index contributed by atoms with van der Waals surface area (Å²) in [5.41, 5.74) is 7.18. The lowest BCUT2D eigenvalue weighted by Crippen LogP contribution is -2.35. The predicted octanol–water partition coefficient (Wildman–Crippen LogP) is 6.53. The third-order valence-corrected chi connectivity index (χ3v) is 8.82. The lowest BCUT2D eigenvalue weighted by atomic mass is 10.0. The molecule has 3 N–H and O–H groups in total. The Bertz CT molecular complexity index is 2130. The fraction of sp³-hybridized carbons (Fsp3) is 0.229. The number of aliphatic hydroxyl groups excluding tert-OH is 2. The highest BCUT2D eigenvalue weighted by atomic mass is 35.5. The average molecular weight is 632 g/mol. The molecule has 10 nitrogen and oxygen atoms in total. The zero-order chi connectivity index (χ0) is 31.8. The summed E-state index contributed by atoms with van der Waals surface area (Å²) >= 11 is 6.97. The van der Waals surface area contributed by atoms with Crippen LogP contribution in [0.15, 0.2) is 71.5 Å². The van der Waals surface area contributed by atoms with E-state index in [1.54, 1.807) is 30.6 Å². The maximum atomic E-state index is 9.83. The summed E-state index contributed by atoms with van der Waals surface area (Å²) in [6, 6.07) is 17.1. The second-order valence-corrected chi connectivity index (χ2v) is 11.9. The summed E-state index contributed by atoms with van der Waals surface area (Å²) in [5.74, 6) is 0.894. The van der Waals surface area contributed by atoms with E-state index < -0.39 is 0 Å². The van der Waals surface area contributed by atoms with Gasteiger partial charge in [-0.15, -0.1) is 0 Å².